The molecule has 1 aliphatic heterocycles. The van der Waals surface area contributed by atoms with Crippen molar-refractivity contribution in [3.8, 4) is 0 Å². The molecule has 1 aromatic rings. The van der Waals surface area contributed by atoms with Crippen molar-refractivity contribution in [2.24, 2.45) is 0 Å². The SMILES string of the molecule is CCC[CH2][Sn]([CH2]CCC)([CH2]CCC)[c]1ccc(C(=O)O)c(N2C(=O)CCC2=O)c1. The summed E-state index contributed by atoms with van der Waals surface area (Å²) in [6.07, 6.45) is 7.37. The van der Waals surface area contributed by atoms with E-state index in [-0.39, 0.29) is 30.2 Å². The number of aromatic carboxylic acids is 1. The van der Waals surface area contributed by atoms with E-state index in [9.17, 15) is 19.5 Å². The molecule has 0 saturated carbocycles. The Bertz CT molecular complexity index is 709. The van der Waals surface area contributed by atoms with Crippen LogP contribution in [-0.2, 0) is 9.59 Å². The molecule has 1 saturated heterocycles. The van der Waals surface area contributed by atoms with Crippen LogP contribution in [0.5, 0.6) is 0 Å². The first kappa shape index (κ1) is 23.9. The molecule has 1 aliphatic rings. The Labute approximate surface area is 178 Å². The van der Waals surface area contributed by atoms with Gasteiger partial charge in [0.1, 0.15) is 0 Å². The van der Waals surface area contributed by atoms with E-state index in [0.717, 1.165) is 24.2 Å². The van der Waals surface area contributed by atoms with Gasteiger partial charge in [0.25, 0.3) is 0 Å². The molecule has 160 valence electrons. The molecule has 0 unspecified atom stereocenters. The Balaban J connectivity index is 2.59. The second-order valence-electron chi connectivity index (χ2n) is 8.25. The van der Waals surface area contributed by atoms with Gasteiger partial charge in [0.2, 0.25) is 0 Å². The van der Waals surface area contributed by atoms with E-state index in [1.165, 1.54) is 36.2 Å². The molecule has 0 bridgehead atoms. The van der Waals surface area contributed by atoms with Gasteiger partial charge in [-0.1, -0.05) is 0 Å². The van der Waals surface area contributed by atoms with Crippen molar-refractivity contribution in [3.63, 3.8) is 0 Å². The fraction of sp³-hybridized carbons (Fsp3) is 0.609. The molecule has 29 heavy (non-hydrogen) atoms. The summed E-state index contributed by atoms with van der Waals surface area (Å²) in [5.74, 6) is -1.66. The van der Waals surface area contributed by atoms with Gasteiger partial charge in [-0.2, -0.15) is 0 Å². The van der Waals surface area contributed by atoms with Crippen LogP contribution in [0.2, 0.25) is 13.3 Å². The Morgan fingerprint density at radius 1 is 0.931 bits per heavy atom. The molecule has 5 nitrogen and oxygen atoms in total. The summed E-state index contributed by atoms with van der Waals surface area (Å²) in [6.45, 7) is 6.66. The molecule has 0 radical (unpaired) electrons. The van der Waals surface area contributed by atoms with Gasteiger partial charge in [0.15, 0.2) is 0 Å². The number of carboxylic acids is 1. The zero-order valence-electron chi connectivity index (χ0n) is 18.1. The Morgan fingerprint density at radius 3 is 1.83 bits per heavy atom. The van der Waals surface area contributed by atoms with E-state index in [0.29, 0.717) is 5.69 Å². The van der Waals surface area contributed by atoms with Gasteiger partial charge in [-0.25, -0.2) is 0 Å². The molecule has 0 aromatic heterocycles. The number of carboxylic acid groups (broad SMARTS) is 1. The first-order valence-corrected chi connectivity index (χ1v) is 18.6. The Morgan fingerprint density at radius 2 is 1.41 bits per heavy atom. The summed E-state index contributed by atoms with van der Waals surface area (Å²) in [5.41, 5.74) is 0.354. The van der Waals surface area contributed by atoms with Crippen molar-refractivity contribution in [3.05, 3.63) is 23.8 Å². The van der Waals surface area contributed by atoms with Gasteiger partial charge in [-0.05, 0) is 0 Å². The van der Waals surface area contributed by atoms with Crippen LogP contribution >= 0.6 is 0 Å². The van der Waals surface area contributed by atoms with E-state index < -0.39 is 24.3 Å². The average molecular weight is 508 g/mol. The summed E-state index contributed by atoms with van der Waals surface area (Å²) in [6, 6.07) is 5.57. The summed E-state index contributed by atoms with van der Waals surface area (Å²) >= 11 is -2.79. The molecule has 0 aliphatic carbocycles. The van der Waals surface area contributed by atoms with Crippen LogP contribution in [0.4, 0.5) is 5.69 Å². The minimum atomic E-state index is -2.79. The predicted molar refractivity (Wildman–Crippen MR) is 120 cm³/mol. The maximum atomic E-state index is 12.4. The molecule has 1 heterocycles. The van der Waals surface area contributed by atoms with Crippen molar-refractivity contribution in [1.29, 1.82) is 0 Å². The number of carbonyl (C=O) groups excluding carboxylic acids is 2. The van der Waals surface area contributed by atoms with Gasteiger partial charge in [0.05, 0.1) is 0 Å². The Hall–Kier alpha value is -1.37. The third-order valence-electron chi connectivity index (χ3n) is 6.16. The fourth-order valence-corrected chi connectivity index (χ4v) is 20.4. The van der Waals surface area contributed by atoms with Crippen LogP contribution in [-0.4, -0.2) is 41.3 Å². The van der Waals surface area contributed by atoms with Crippen molar-refractivity contribution in [2.45, 2.75) is 85.4 Å². The van der Waals surface area contributed by atoms with Crippen LogP contribution < -0.4 is 8.48 Å². The number of amides is 2. The third-order valence-corrected chi connectivity index (χ3v) is 21.8. The van der Waals surface area contributed by atoms with Crippen molar-refractivity contribution in [1.82, 2.24) is 0 Å². The van der Waals surface area contributed by atoms with Crippen LogP contribution in [0.15, 0.2) is 18.2 Å². The zero-order chi connectivity index (χ0) is 21.4. The summed E-state index contributed by atoms with van der Waals surface area (Å²) in [7, 11) is 0. The van der Waals surface area contributed by atoms with E-state index in [4.69, 9.17) is 0 Å². The van der Waals surface area contributed by atoms with Crippen molar-refractivity contribution in [2.75, 3.05) is 4.90 Å². The van der Waals surface area contributed by atoms with Gasteiger partial charge in [-0.15, -0.1) is 0 Å². The molecular weight excluding hydrogens is 473 g/mol. The number of imide groups is 1. The van der Waals surface area contributed by atoms with E-state index in [1.54, 1.807) is 6.07 Å². The number of hydrogen-bond acceptors (Lipinski definition) is 3. The normalized spacial score (nSPS) is 14.7. The van der Waals surface area contributed by atoms with Gasteiger partial charge >= 0.3 is 179 Å². The first-order chi connectivity index (χ1) is 13.9. The number of unbranched alkanes of at least 4 members (excludes halogenated alkanes) is 3. The average Bonchev–Trinajstić information content (AvgIpc) is 3.05. The number of rotatable bonds is 12. The molecular formula is C23H35NO4Sn. The second-order valence-corrected chi connectivity index (χ2v) is 21.5. The van der Waals surface area contributed by atoms with Gasteiger partial charge < -0.3 is 0 Å². The number of benzene rings is 1. The van der Waals surface area contributed by atoms with Crippen LogP contribution in [0.25, 0.3) is 0 Å². The van der Waals surface area contributed by atoms with Crippen molar-refractivity contribution < 1.29 is 19.5 Å². The first-order valence-electron chi connectivity index (χ1n) is 11.1. The standard InChI is InChI=1S/C11H8NO4.3C4H9.Sn/c13-9-5-6-10(14)12(9)8-4-2-1-3-7(8)11(15)16;3*1-3-4-2;/h1,3-4H,5-6H2,(H,15,16);3*1,3-4H2,2H3;. The quantitative estimate of drug-likeness (QED) is 0.315. The van der Waals surface area contributed by atoms with E-state index in [2.05, 4.69) is 20.8 Å². The fourth-order valence-electron chi connectivity index (χ4n) is 4.43. The molecule has 2 amide bonds. The summed E-state index contributed by atoms with van der Waals surface area (Å²) in [4.78, 5) is 37.7. The maximum absolute atomic E-state index is 12.4. The van der Waals surface area contributed by atoms with E-state index >= 15 is 0 Å². The Kier molecular flexibility index (Phi) is 9.18. The van der Waals surface area contributed by atoms with Crippen molar-refractivity contribution >= 4 is 45.4 Å². The predicted octanol–water partition coefficient (Wildman–Crippen LogP) is 5.09. The number of hydrogen-bond donors (Lipinski definition) is 1. The van der Waals surface area contributed by atoms with Crippen LogP contribution in [0, 0.1) is 0 Å². The molecule has 2 rings (SSSR count). The molecule has 0 spiro atoms. The molecule has 1 fully saturated rings. The number of anilines is 1. The summed E-state index contributed by atoms with van der Waals surface area (Å²) < 4.78 is 5.03. The second kappa shape index (κ2) is 11.1. The molecule has 1 aromatic carbocycles. The van der Waals surface area contributed by atoms with Gasteiger partial charge in [0, 0.05) is 0 Å². The zero-order valence-corrected chi connectivity index (χ0v) is 21.0. The summed E-state index contributed by atoms with van der Waals surface area (Å²) in [5, 5.41) is 9.68. The topological polar surface area (TPSA) is 74.7 Å². The molecule has 6 heteroatoms. The van der Waals surface area contributed by atoms with Gasteiger partial charge in [-0.3, -0.25) is 0 Å². The van der Waals surface area contributed by atoms with Crippen LogP contribution in [0.3, 0.4) is 0 Å². The number of carbonyl (C=O) groups is 3. The number of nitrogens with zero attached hydrogens (tertiary/aromatic N) is 1. The minimum absolute atomic E-state index is 0.0546. The third kappa shape index (κ3) is 5.62. The monoisotopic (exact) mass is 509 g/mol. The molecule has 0 atom stereocenters. The molecule has 1 N–H and O–H groups in total. The van der Waals surface area contributed by atoms with E-state index in [1.807, 2.05) is 12.1 Å². The van der Waals surface area contributed by atoms with Crippen LogP contribution in [0.1, 0.15) is 82.5 Å².